The standard InChI is InChI=1S/C20H22N4/c1-2-19-22-18(21)13-20(23-19)24(14-16-9-5-3-6-10-16)15-17-11-7-4-8-12-17/h3-13H,2,14-15H2,1H3,(H2,21,22,23). The van der Waals surface area contributed by atoms with E-state index in [-0.39, 0.29) is 0 Å². The first-order valence-electron chi connectivity index (χ1n) is 8.21. The minimum Gasteiger partial charge on any atom is -0.384 e. The van der Waals surface area contributed by atoms with Gasteiger partial charge in [0.25, 0.3) is 0 Å². The molecule has 0 aliphatic heterocycles. The largest absolute Gasteiger partial charge is 0.384 e. The molecule has 24 heavy (non-hydrogen) atoms. The molecule has 122 valence electrons. The molecule has 0 unspecified atom stereocenters. The number of aromatic nitrogens is 2. The normalized spacial score (nSPS) is 10.5. The maximum Gasteiger partial charge on any atom is 0.134 e. The molecule has 0 saturated heterocycles. The number of benzene rings is 2. The summed E-state index contributed by atoms with van der Waals surface area (Å²) in [5.74, 6) is 2.16. The van der Waals surface area contributed by atoms with E-state index in [0.717, 1.165) is 31.2 Å². The third-order valence-corrected chi connectivity index (χ3v) is 3.85. The molecule has 4 heteroatoms. The van der Waals surface area contributed by atoms with Crippen molar-refractivity contribution in [3.05, 3.63) is 83.7 Å². The zero-order valence-electron chi connectivity index (χ0n) is 13.9. The smallest absolute Gasteiger partial charge is 0.134 e. The number of nitrogen functional groups attached to an aromatic ring is 1. The number of aryl methyl sites for hydroxylation is 1. The number of anilines is 2. The van der Waals surface area contributed by atoms with Crippen LogP contribution in [0.2, 0.25) is 0 Å². The highest BCUT2D eigenvalue weighted by molar-refractivity contribution is 5.48. The van der Waals surface area contributed by atoms with Crippen molar-refractivity contribution in [3.8, 4) is 0 Å². The molecule has 0 radical (unpaired) electrons. The van der Waals surface area contributed by atoms with Crippen LogP contribution in [0.3, 0.4) is 0 Å². The van der Waals surface area contributed by atoms with E-state index in [1.54, 1.807) is 0 Å². The average molecular weight is 318 g/mol. The van der Waals surface area contributed by atoms with Crippen LogP contribution >= 0.6 is 0 Å². The van der Waals surface area contributed by atoms with Gasteiger partial charge in [0.05, 0.1) is 0 Å². The van der Waals surface area contributed by atoms with Crippen molar-refractivity contribution in [2.24, 2.45) is 0 Å². The molecule has 0 fully saturated rings. The van der Waals surface area contributed by atoms with E-state index in [4.69, 9.17) is 5.73 Å². The lowest BCUT2D eigenvalue weighted by Crippen LogP contribution is -2.24. The Morgan fingerprint density at radius 1 is 0.833 bits per heavy atom. The number of nitrogens with two attached hydrogens (primary N) is 1. The molecule has 2 N–H and O–H groups in total. The van der Waals surface area contributed by atoms with Crippen LogP contribution in [0.5, 0.6) is 0 Å². The third kappa shape index (κ3) is 4.10. The molecule has 3 rings (SSSR count). The van der Waals surface area contributed by atoms with Crippen LogP contribution in [-0.4, -0.2) is 9.97 Å². The van der Waals surface area contributed by atoms with Gasteiger partial charge in [-0.1, -0.05) is 67.6 Å². The molecule has 0 spiro atoms. The van der Waals surface area contributed by atoms with Crippen molar-refractivity contribution in [1.29, 1.82) is 0 Å². The second-order valence-corrected chi connectivity index (χ2v) is 5.75. The van der Waals surface area contributed by atoms with Crippen LogP contribution in [0.1, 0.15) is 23.9 Å². The Hall–Kier alpha value is -2.88. The molecule has 3 aromatic rings. The molecule has 4 nitrogen and oxygen atoms in total. The summed E-state index contributed by atoms with van der Waals surface area (Å²) in [5.41, 5.74) is 8.46. The average Bonchev–Trinajstić information content (AvgIpc) is 2.62. The highest BCUT2D eigenvalue weighted by atomic mass is 15.2. The summed E-state index contributed by atoms with van der Waals surface area (Å²) in [6, 6.07) is 22.7. The Balaban J connectivity index is 1.93. The Kier molecular flexibility index (Phi) is 5.06. The van der Waals surface area contributed by atoms with E-state index in [9.17, 15) is 0 Å². The Labute approximate surface area is 143 Å². The van der Waals surface area contributed by atoms with Crippen molar-refractivity contribution in [2.75, 3.05) is 10.6 Å². The molecule has 0 saturated carbocycles. The minimum atomic E-state index is 0.517. The Bertz CT molecular complexity index is 731. The topological polar surface area (TPSA) is 55.0 Å². The van der Waals surface area contributed by atoms with Gasteiger partial charge in [-0.25, -0.2) is 9.97 Å². The highest BCUT2D eigenvalue weighted by Crippen LogP contribution is 2.20. The maximum atomic E-state index is 5.98. The molecule has 0 aliphatic carbocycles. The minimum absolute atomic E-state index is 0.517. The quantitative estimate of drug-likeness (QED) is 0.750. The summed E-state index contributed by atoms with van der Waals surface area (Å²) in [7, 11) is 0. The van der Waals surface area contributed by atoms with Crippen molar-refractivity contribution in [2.45, 2.75) is 26.4 Å². The van der Waals surface area contributed by atoms with Gasteiger partial charge in [-0.3, -0.25) is 0 Å². The fourth-order valence-electron chi connectivity index (χ4n) is 2.65. The summed E-state index contributed by atoms with van der Waals surface area (Å²) >= 11 is 0. The fourth-order valence-corrected chi connectivity index (χ4v) is 2.65. The summed E-state index contributed by atoms with van der Waals surface area (Å²) in [6.45, 7) is 3.59. The van der Waals surface area contributed by atoms with Crippen molar-refractivity contribution < 1.29 is 0 Å². The van der Waals surface area contributed by atoms with Gasteiger partial charge in [-0.2, -0.15) is 0 Å². The predicted molar refractivity (Wildman–Crippen MR) is 98.6 cm³/mol. The summed E-state index contributed by atoms with van der Waals surface area (Å²) in [6.07, 6.45) is 0.766. The SMILES string of the molecule is CCc1nc(N)cc(N(Cc2ccccc2)Cc2ccccc2)n1. The number of nitrogens with zero attached hydrogens (tertiary/aromatic N) is 3. The van der Waals surface area contributed by atoms with E-state index >= 15 is 0 Å². The molecule has 1 aromatic heterocycles. The van der Waals surface area contributed by atoms with Crippen LogP contribution in [0.4, 0.5) is 11.6 Å². The van der Waals surface area contributed by atoms with Gasteiger partial charge in [0.15, 0.2) is 0 Å². The van der Waals surface area contributed by atoms with Crippen LogP contribution in [0.25, 0.3) is 0 Å². The van der Waals surface area contributed by atoms with E-state index in [1.165, 1.54) is 11.1 Å². The van der Waals surface area contributed by atoms with E-state index in [0.29, 0.717) is 5.82 Å². The van der Waals surface area contributed by atoms with Gasteiger partial charge in [0.2, 0.25) is 0 Å². The lowest BCUT2D eigenvalue weighted by Gasteiger charge is -2.24. The first-order chi connectivity index (χ1) is 11.7. The van der Waals surface area contributed by atoms with Crippen molar-refractivity contribution in [3.63, 3.8) is 0 Å². The molecular formula is C20H22N4. The second kappa shape index (κ2) is 7.59. The molecular weight excluding hydrogens is 296 g/mol. The van der Waals surface area contributed by atoms with Gasteiger partial charge >= 0.3 is 0 Å². The van der Waals surface area contributed by atoms with Gasteiger partial charge in [0.1, 0.15) is 17.5 Å². The van der Waals surface area contributed by atoms with Gasteiger partial charge in [-0.05, 0) is 11.1 Å². The zero-order chi connectivity index (χ0) is 16.8. The fraction of sp³-hybridized carbons (Fsp3) is 0.200. The summed E-state index contributed by atoms with van der Waals surface area (Å²) < 4.78 is 0. The highest BCUT2D eigenvalue weighted by Gasteiger charge is 2.12. The number of rotatable bonds is 6. The second-order valence-electron chi connectivity index (χ2n) is 5.75. The Morgan fingerprint density at radius 2 is 1.38 bits per heavy atom. The zero-order valence-corrected chi connectivity index (χ0v) is 13.9. The first-order valence-corrected chi connectivity index (χ1v) is 8.21. The van der Waals surface area contributed by atoms with Gasteiger partial charge in [0, 0.05) is 25.6 Å². The first kappa shape index (κ1) is 16.0. The summed E-state index contributed by atoms with van der Waals surface area (Å²) in [5, 5.41) is 0. The maximum absolute atomic E-state index is 5.98. The van der Waals surface area contributed by atoms with E-state index < -0.39 is 0 Å². The molecule has 0 atom stereocenters. The van der Waals surface area contributed by atoms with E-state index in [2.05, 4.69) is 63.4 Å². The molecule has 0 bridgehead atoms. The number of hydrogen-bond acceptors (Lipinski definition) is 4. The van der Waals surface area contributed by atoms with E-state index in [1.807, 2.05) is 25.1 Å². The lowest BCUT2D eigenvalue weighted by molar-refractivity contribution is 0.771. The number of hydrogen-bond donors (Lipinski definition) is 1. The van der Waals surface area contributed by atoms with Crippen molar-refractivity contribution in [1.82, 2.24) is 9.97 Å². The lowest BCUT2D eigenvalue weighted by atomic mass is 10.1. The Morgan fingerprint density at radius 3 is 1.88 bits per heavy atom. The van der Waals surface area contributed by atoms with Crippen molar-refractivity contribution >= 4 is 11.6 Å². The third-order valence-electron chi connectivity index (χ3n) is 3.85. The van der Waals surface area contributed by atoms with Crippen LogP contribution in [0.15, 0.2) is 66.7 Å². The molecule has 2 aromatic carbocycles. The van der Waals surface area contributed by atoms with Crippen LogP contribution in [0, 0.1) is 0 Å². The van der Waals surface area contributed by atoms with Gasteiger partial charge in [-0.15, -0.1) is 0 Å². The summed E-state index contributed by atoms with van der Waals surface area (Å²) in [4.78, 5) is 11.2. The predicted octanol–water partition coefficient (Wildman–Crippen LogP) is 3.83. The molecule has 0 aliphatic rings. The van der Waals surface area contributed by atoms with Crippen LogP contribution < -0.4 is 10.6 Å². The molecule has 1 heterocycles. The van der Waals surface area contributed by atoms with Gasteiger partial charge < -0.3 is 10.6 Å². The molecule has 0 amide bonds. The van der Waals surface area contributed by atoms with Crippen LogP contribution in [-0.2, 0) is 19.5 Å². The monoisotopic (exact) mass is 318 g/mol.